The third-order valence-electron chi connectivity index (χ3n) is 2.64. The Balaban J connectivity index is 0.000000454. The van der Waals surface area contributed by atoms with Gasteiger partial charge in [-0.1, -0.05) is 31.2 Å². The van der Waals surface area contributed by atoms with Crippen LogP contribution in [0.1, 0.15) is 16.8 Å². The first-order valence-electron chi connectivity index (χ1n) is 6.41. The fourth-order valence-corrected chi connectivity index (χ4v) is 2.49. The molecule has 3 heteroatoms. The molecule has 0 heterocycles. The molecule has 1 nitrogen and oxygen atoms in total. The Kier molecular flexibility index (Phi) is 8.79. The molecule has 2 rings (SSSR count). The zero-order valence-corrected chi connectivity index (χ0v) is 14.6. The van der Waals surface area contributed by atoms with Crippen LogP contribution in [0.3, 0.4) is 0 Å². The molecule has 0 aliphatic carbocycles. The van der Waals surface area contributed by atoms with E-state index in [4.69, 9.17) is 0 Å². The van der Waals surface area contributed by atoms with Crippen molar-refractivity contribution in [3.63, 3.8) is 0 Å². The Morgan fingerprint density at radius 2 is 1.58 bits per heavy atom. The summed E-state index contributed by atoms with van der Waals surface area (Å²) in [6.07, 6.45) is 0.722. The quantitative estimate of drug-likeness (QED) is 0.439. The molecular weight excluding hydrogens is 337 g/mol. The van der Waals surface area contributed by atoms with Gasteiger partial charge in [-0.2, -0.15) is 30.3 Å². The fourth-order valence-electron chi connectivity index (χ4n) is 1.51. The summed E-state index contributed by atoms with van der Waals surface area (Å²) in [4.78, 5) is 11.6. The standard InChI is InChI=1S/C11H17OSi.C5H5.Ru/c1-13(2,3)9-8-11(12)10-6-4-5-7-10;1-2-4-5-3-1;/h4-7H,8-9H2,1-3H3;1-5H;/q2*-1;+2. The molecular formula is C16H22ORuSi. The van der Waals surface area contributed by atoms with Crippen molar-refractivity contribution in [2.45, 2.75) is 32.1 Å². The molecule has 0 aliphatic heterocycles. The molecule has 0 atom stereocenters. The average Bonchev–Trinajstić information content (AvgIpc) is 2.99. The van der Waals surface area contributed by atoms with Crippen molar-refractivity contribution in [1.82, 2.24) is 0 Å². The van der Waals surface area contributed by atoms with Gasteiger partial charge in [0.05, 0.1) is 0 Å². The van der Waals surface area contributed by atoms with Crippen LogP contribution in [0.4, 0.5) is 0 Å². The van der Waals surface area contributed by atoms with Gasteiger partial charge in [-0.15, -0.1) is 0 Å². The van der Waals surface area contributed by atoms with E-state index in [1.807, 2.05) is 54.6 Å². The van der Waals surface area contributed by atoms with Gasteiger partial charge in [-0.3, -0.25) is 0 Å². The van der Waals surface area contributed by atoms with Gasteiger partial charge < -0.3 is 4.79 Å². The Hall–Kier alpha value is -0.790. The van der Waals surface area contributed by atoms with Gasteiger partial charge >= 0.3 is 19.5 Å². The molecule has 0 radical (unpaired) electrons. The third-order valence-corrected chi connectivity index (χ3v) is 4.39. The van der Waals surface area contributed by atoms with Crippen LogP contribution in [0.15, 0.2) is 54.6 Å². The largest absolute Gasteiger partial charge is 2.00 e. The van der Waals surface area contributed by atoms with Gasteiger partial charge in [0.15, 0.2) is 0 Å². The summed E-state index contributed by atoms with van der Waals surface area (Å²) < 4.78 is 0. The Morgan fingerprint density at radius 3 is 1.95 bits per heavy atom. The summed E-state index contributed by atoms with van der Waals surface area (Å²) in [6.45, 7) is 6.89. The van der Waals surface area contributed by atoms with E-state index >= 15 is 0 Å². The molecule has 0 fully saturated rings. The number of hydrogen-bond acceptors (Lipinski definition) is 1. The van der Waals surface area contributed by atoms with Crippen LogP contribution in [0.25, 0.3) is 0 Å². The normalized spacial score (nSPS) is 10.1. The summed E-state index contributed by atoms with van der Waals surface area (Å²) in [6, 6.07) is 18.7. The SMILES string of the molecule is C[Si](C)(C)CCC(=O)[c-]1cccc1.[Ru+2].c1cc[cH-]c1. The zero-order valence-electron chi connectivity index (χ0n) is 11.9. The number of carbonyl (C=O) groups excluding carboxylic acids is 1. The number of ketones is 1. The van der Waals surface area contributed by atoms with Gasteiger partial charge in [-0.25, -0.2) is 24.3 Å². The molecule has 0 N–H and O–H groups in total. The maximum atomic E-state index is 11.6. The van der Waals surface area contributed by atoms with Crippen molar-refractivity contribution in [2.24, 2.45) is 0 Å². The van der Waals surface area contributed by atoms with Crippen molar-refractivity contribution >= 4 is 13.9 Å². The van der Waals surface area contributed by atoms with Gasteiger partial charge in [-0.05, 0) is 6.42 Å². The van der Waals surface area contributed by atoms with Crippen LogP contribution in [0.2, 0.25) is 25.7 Å². The number of rotatable bonds is 4. The molecule has 0 spiro atoms. The molecule has 19 heavy (non-hydrogen) atoms. The van der Waals surface area contributed by atoms with E-state index in [9.17, 15) is 4.79 Å². The predicted molar refractivity (Wildman–Crippen MR) is 81.2 cm³/mol. The summed E-state index contributed by atoms with van der Waals surface area (Å²) in [5.74, 6) is 0.299. The number of Topliss-reactive ketones (excluding diaryl/α,β-unsaturated/α-hetero) is 1. The first-order chi connectivity index (χ1) is 8.49. The topological polar surface area (TPSA) is 17.1 Å². The zero-order chi connectivity index (χ0) is 13.4. The Labute approximate surface area is 130 Å². The molecule has 2 aromatic carbocycles. The van der Waals surface area contributed by atoms with Crippen LogP contribution in [0, 0.1) is 0 Å². The van der Waals surface area contributed by atoms with Crippen molar-refractivity contribution in [3.8, 4) is 0 Å². The first kappa shape index (κ1) is 18.2. The molecule has 0 aliphatic rings. The first-order valence-corrected chi connectivity index (χ1v) is 10.1. The summed E-state index contributed by atoms with van der Waals surface area (Å²) in [5.41, 5.74) is 0.873. The molecule has 0 aromatic heterocycles. The van der Waals surface area contributed by atoms with Crippen molar-refractivity contribution < 1.29 is 24.3 Å². The smallest absolute Gasteiger partial charge is 0.309 e. The van der Waals surface area contributed by atoms with Crippen molar-refractivity contribution in [2.75, 3.05) is 0 Å². The summed E-state index contributed by atoms with van der Waals surface area (Å²) >= 11 is 0. The molecule has 2 aromatic rings. The minimum absolute atomic E-state index is 0. The van der Waals surface area contributed by atoms with E-state index in [0.29, 0.717) is 5.78 Å². The van der Waals surface area contributed by atoms with E-state index in [1.54, 1.807) is 0 Å². The second-order valence-corrected chi connectivity index (χ2v) is 11.2. The van der Waals surface area contributed by atoms with Crippen LogP contribution < -0.4 is 0 Å². The van der Waals surface area contributed by atoms with E-state index in [0.717, 1.165) is 18.0 Å². The minimum Gasteiger partial charge on any atom is -0.309 e. The molecule has 0 bridgehead atoms. The third kappa shape index (κ3) is 8.85. The second-order valence-electron chi connectivity index (χ2n) is 5.62. The van der Waals surface area contributed by atoms with Crippen LogP contribution in [-0.4, -0.2) is 13.9 Å². The molecule has 0 amide bonds. The van der Waals surface area contributed by atoms with Crippen LogP contribution in [-0.2, 0) is 19.5 Å². The van der Waals surface area contributed by atoms with E-state index in [2.05, 4.69) is 19.6 Å². The van der Waals surface area contributed by atoms with E-state index in [1.165, 1.54) is 0 Å². The fraction of sp³-hybridized carbons (Fsp3) is 0.312. The summed E-state index contributed by atoms with van der Waals surface area (Å²) in [5, 5.41) is 0. The Bertz CT molecular complexity index is 407. The van der Waals surface area contributed by atoms with Crippen molar-refractivity contribution in [1.29, 1.82) is 0 Å². The minimum atomic E-state index is -1.05. The molecule has 0 unspecified atom stereocenters. The summed E-state index contributed by atoms with van der Waals surface area (Å²) in [7, 11) is -1.05. The number of carbonyl (C=O) groups is 1. The van der Waals surface area contributed by atoms with Gasteiger partial charge in [0.1, 0.15) is 5.78 Å². The Morgan fingerprint density at radius 1 is 1.05 bits per heavy atom. The average molecular weight is 360 g/mol. The van der Waals surface area contributed by atoms with Gasteiger partial charge in [0, 0.05) is 8.07 Å². The van der Waals surface area contributed by atoms with Gasteiger partial charge in [0.2, 0.25) is 0 Å². The number of hydrogen-bond donors (Lipinski definition) is 0. The predicted octanol–water partition coefficient (Wildman–Crippen LogP) is 4.72. The van der Waals surface area contributed by atoms with Crippen molar-refractivity contribution in [3.05, 3.63) is 60.2 Å². The van der Waals surface area contributed by atoms with Crippen LogP contribution >= 0.6 is 0 Å². The second kappa shape index (κ2) is 9.17. The van der Waals surface area contributed by atoms with E-state index in [-0.39, 0.29) is 19.5 Å². The monoisotopic (exact) mass is 360 g/mol. The van der Waals surface area contributed by atoms with Crippen LogP contribution in [0.5, 0.6) is 0 Å². The molecule has 0 saturated carbocycles. The molecule has 0 saturated heterocycles. The maximum Gasteiger partial charge on any atom is 2.00 e. The molecule has 104 valence electrons. The maximum absolute atomic E-state index is 11.6. The van der Waals surface area contributed by atoms with Gasteiger partial charge in [0.25, 0.3) is 0 Å². The van der Waals surface area contributed by atoms with E-state index < -0.39 is 8.07 Å².